The summed E-state index contributed by atoms with van der Waals surface area (Å²) in [5.41, 5.74) is 1.74. The van der Waals surface area contributed by atoms with E-state index in [1.807, 2.05) is 29.6 Å². The Morgan fingerprint density at radius 1 is 1.40 bits per heavy atom. The van der Waals surface area contributed by atoms with Crippen molar-refractivity contribution in [1.82, 2.24) is 4.98 Å². The van der Waals surface area contributed by atoms with E-state index in [0.29, 0.717) is 24.7 Å². The summed E-state index contributed by atoms with van der Waals surface area (Å²) in [7, 11) is 0. The van der Waals surface area contributed by atoms with Crippen molar-refractivity contribution < 1.29 is 23.8 Å². The van der Waals surface area contributed by atoms with Crippen LogP contribution in [0.1, 0.15) is 23.6 Å². The Kier molecular flexibility index (Phi) is 4.15. The van der Waals surface area contributed by atoms with Crippen LogP contribution in [-0.2, 0) is 11.4 Å². The Hall–Kier alpha value is -2.80. The lowest BCUT2D eigenvalue weighted by Crippen LogP contribution is -2.07. The molecule has 0 aliphatic carbocycles. The molecule has 1 aliphatic rings. The highest BCUT2D eigenvalue weighted by atomic mass is 32.1. The molecule has 128 valence electrons. The molecule has 1 atom stereocenters. The Morgan fingerprint density at radius 2 is 2.32 bits per heavy atom. The average molecular weight is 357 g/mol. The number of ether oxygens (including phenoxy) is 2. The van der Waals surface area contributed by atoms with Gasteiger partial charge in [-0.1, -0.05) is 6.07 Å². The van der Waals surface area contributed by atoms with Gasteiger partial charge in [0.15, 0.2) is 10.8 Å². The number of nitrogens with zero attached hydrogens (tertiary/aromatic N) is 1. The van der Waals surface area contributed by atoms with E-state index in [0.717, 1.165) is 22.0 Å². The molecule has 0 bridgehead atoms. The molecule has 7 heteroatoms. The van der Waals surface area contributed by atoms with Crippen LogP contribution >= 0.6 is 11.3 Å². The zero-order valence-electron chi connectivity index (χ0n) is 13.2. The molecular formula is C18H15NO5S. The van der Waals surface area contributed by atoms with E-state index in [9.17, 15) is 4.79 Å². The molecular weight excluding hydrogens is 342 g/mol. The highest BCUT2D eigenvalue weighted by molar-refractivity contribution is 7.13. The van der Waals surface area contributed by atoms with E-state index in [2.05, 4.69) is 4.98 Å². The van der Waals surface area contributed by atoms with Crippen molar-refractivity contribution in [3.8, 4) is 22.3 Å². The highest BCUT2D eigenvalue weighted by Gasteiger charge is 2.26. The SMILES string of the molecule is O=C(O)CC1COc2cc(OCc3csc(-c4ccco4)n3)ccc21. The Balaban J connectivity index is 1.42. The molecule has 1 aliphatic heterocycles. The number of carboxylic acids is 1. The summed E-state index contributed by atoms with van der Waals surface area (Å²) in [5, 5.41) is 11.7. The van der Waals surface area contributed by atoms with Gasteiger partial charge in [0.1, 0.15) is 18.1 Å². The maximum absolute atomic E-state index is 10.9. The molecule has 25 heavy (non-hydrogen) atoms. The maximum Gasteiger partial charge on any atom is 0.304 e. The smallest absolute Gasteiger partial charge is 0.304 e. The first-order valence-electron chi connectivity index (χ1n) is 7.78. The number of benzene rings is 1. The first-order chi connectivity index (χ1) is 12.2. The second-order valence-corrected chi connectivity index (χ2v) is 6.57. The molecule has 3 heterocycles. The summed E-state index contributed by atoms with van der Waals surface area (Å²) in [6, 6.07) is 9.21. The number of hydrogen-bond donors (Lipinski definition) is 1. The quantitative estimate of drug-likeness (QED) is 0.720. The van der Waals surface area contributed by atoms with Crippen LogP contribution in [0.5, 0.6) is 11.5 Å². The van der Waals surface area contributed by atoms with Gasteiger partial charge < -0.3 is 19.0 Å². The number of aromatic nitrogens is 1. The lowest BCUT2D eigenvalue weighted by molar-refractivity contribution is -0.137. The van der Waals surface area contributed by atoms with Crippen LogP contribution in [0.15, 0.2) is 46.4 Å². The number of thiazole rings is 1. The van der Waals surface area contributed by atoms with Crippen molar-refractivity contribution in [3.05, 3.63) is 53.2 Å². The van der Waals surface area contributed by atoms with E-state index >= 15 is 0 Å². The predicted molar refractivity (Wildman–Crippen MR) is 91.1 cm³/mol. The average Bonchev–Trinajstić information content (AvgIpc) is 3.33. The third-order valence-electron chi connectivity index (χ3n) is 3.96. The van der Waals surface area contributed by atoms with E-state index in [1.165, 1.54) is 11.3 Å². The number of hydrogen-bond acceptors (Lipinski definition) is 6. The number of aliphatic carboxylic acids is 1. The summed E-state index contributed by atoms with van der Waals surface area (Å²) >= 11 is 1.50. The summed E-state index contributed by atoms with van der Waals surface area (Å²) < 4.78 is 16.7. The lowest BCUT2D eigenvalue weighted by Gasteiger charge is -2.07. The van der Waals surface area contributed by atoms with E-state index in [-0.39, 0.29) is 12.3 Å². The molecule has 1 aromatic carbocycles. The fraction of sp³-hybridized carbons (Fsp3) is 0.222. The van der Waals surface area contributed by atoms with Gasteiger partial charge in [-0.2, -0.15) is 0 Å². The van der Waals surface area contributed by atoms with Crippen molar-refractivity contribution >= 4 is 17.3 Å². The van der Waals surface area contributed by atoms with E-state index in [4.69, 9.17) is 19.0 Å². The fourth-order valence-corrected chi connectivity index (χ4v) is 3.54. The van der Waals surface area contributed by atoms with Gasteiger partial charge in [0.05, 0.1) is 25.0 Å². The van der Waals surface area contributed by atoms with Crippen molar-refractivity contribution in [2.75, 3.05) is 6.61 Å². The van der Waals surface area contributed by atoms with Crippen molar-refractivity contribution in [2.45, 2.75) is 18.9 Å². The minimum absolute atomic E-state index is 0.0710. The molecule has 0 radical (unpaired) electrons. The summed E-state index contributed by atoms with van der Waals surface area (Å²) in [4.78, 5) is 15.4. The van der Waals surface area contributed by atoms with Gasteiger partial charge in [0.25, 0.3) is 0 Å². The van der Waals surface area contributed by atoms with E-state index in [1.54, 1.807) is 12.3 Å². The molecule has 0 saturated heterocycles. The molecule has 0 fully saturated rings. The van der Waals surface area contributed by atoms with Gasteiger partial charge >= 0.3 is 5.97 Å². The van der Waals surface area contributed by atoms with Gasteiger partial charge in [-0.25, -0.2) is 4.98 Å². The number of carbonyl (C=O) groups is 1. The molecule has 0 amide bonds. The second-order valence-electron chi connectivity index (χ2n) is 5.72. The summed E-state index contributed by atoms with van der Waals surface area (Å²) in [6.07, 6.45) is 1.69. The molecule has 6 nitrogen and oxygen atoms in total. The zero-order valence-corrected chi connectivity index (χ0v) is 14.0. The fourth-order valence-electron chi connectivity index (χ4n) is 2.77. The molecule has 0 saturated carbocycles. The number of fused-ring (bicyclic) bond motifs is 1. The minimum atomic E-state index is -0.822. The molecule has 3 aromatic rings. The van der Waals surface area contributed by atoms with Gasteiger partial charge in [0.2, 0.25) is 0 Å². The van der Waals surface area contributed by atoms with Crippen molar-refractivity contribution in [3.63, 3.8) is 0 Å². The van der Waals surface area contributed by atoms with Crippen LogP contribution in [0.2, 0.25) is 0 Å². The second kappa shape index (κ2) is 6.60. The molecule has 4 rings (SSSR count). The van der Waals surface area contributed by atoms with Crippen LogP contribution in [0.4, 0.5) is 0 Å². The molecule has 2 aromatic heterocycles. The molecule has 1 N–H and O–H groups in total. The highest BCUT2D eigenvalue weighted by Crippen LogP contribution is 2.38. The van der Waals surface area contributed by atoms with Crippen LogP contribution < -0.4 is 9.47 Å². The normalized spacial score (nSPS) is 15.6. The first-order valence-corrected chi connectivity index (χ1v) is 8.66. The number of carboxylic acid groups (broad SMARTS) is 1. The van der Waals surface area contributed by atoms with E-state index < -0.39 is 5.97 Å². The third-order valence-corrected chi connectivity index (χ3v) is 4.86. The largest absolute Gasteiger partial charge is 0.492 e. The Bertz CT molecular complexity index is 887. The van der Waals surface area contributed by atoms with Gasteiger partial charge in [-0.15, -0.1) is 11.3 Å². The van der Waals surface area contributed by atoms with Gasteiger partial charge in [0, 0.05) is 22.9 Å². The number of rotatable bonds is 6. The molecule has 0 spiro atoms. The van der Waals surface area contributed by atoms with Gasteiger partial charge in [-0.3, -0.25) is 4.79 Å². The minimum Gasteiger partial charge on any atom is -0.492 e. The molecule has 1 unspecified atom stereocenters. The monoisotopic (exact) mass is 357 g/mol. The lowest BCUT2D eigenvalue weighted by atomic mass is 9.98. The summed E-state index contributed by atoms with van der Waals surface area (Å²) in [5.74, 6) is 1.18. The van der Waals surface area contributed by atoms with Crippen LogP contribution in [0.25, 0.3) is 10.8 Å². The standard InChI is InChI=1S/C18H15NO5S/c20-17(21)6-11-8-24-16-7-13(3-4-14(11)16)23-9-12-10-25-18(19-12)15-2-1-5-22-15/h1-5,7,10-11H,6,8-9H2,(H,20,21). The topological polar surface area (TPSA) is 81.8 Å². The van der Waals surface area contributed by atoms with Crippen LogP contribution in [0.3, 0.4) is 0 Å². The first kappa shape index (κ1) is 15.7. The van der Waals surface area contributed by atoms with Gasteiger partial charge in [-0.05, 0) is 18.2 Å². The van der Waals surface area contributed by atoms with Crippen molar-refractivity contribution in [1.29, 1.82) is 0 Å². The van der Waals surface area contributed by atoms with Crippen LogP contribution in [0, 0.1) is 0 Å². The maximum atomic E-state index is 10.9. The summed E-state index contributed by atoms with van der Waals surface area (Å²) in [6.45, 7) is 0.734. The van der Waals surface area contributed by atoms with Crippen molar-refractivity contribution in [2.24, 2.45) is 0 Å². The third kappa shape index (κ3) is 3.36. The zero-order chi connectivity index (χ0) is 17.2. The van der Waals surface area contributed by atoms with Crippen LogP contribution in [-0.4, -0.2) is 22.7 Å². The number of furan rings is 1. The Morgan fingerprint density at radius 3 is 3.12 bits per heavy atom. The Labute approximate surface area is 147 Å². The predicted octanol–water partition coefficient (Wildman–Crippen LogP) is 3.93.